The number of aryl methyl sites for hydroxylation is 1. The van der Waals surface area contributed by atoms with Crippen LogP contribution in [0.4, 0.5) is 0 Å². The van der Waals surface area contributed by atoms with Crippen molar-refractivity contribution < 1.29 is 17.3 Å². The Hall–Kier alpha value is -1.43. The van der Waals surface area contributed by atoms with E-state index in [1.807, 2.05) is 6.92 Å². The fraction of sp³-hybridized carbons (Fsp3) is 0.375. The van der Waals surface area contributed by atoms with Crippen LogP contribution in [0.5, 0.6) is 0 Å². The Morgan fingerprint density at radius 3 is 2.52 bits per heavy atom. The molecule has 4 nitrogen and oxygen atoms in total. The molecular formula is C16H20O4S. The molecule has 0 atom stereocenters. The summed E-state index contributed by atoms with van der Waals surface area (Å²) in [5.41, 5.74) is 2.23. The lowest BCUT2D eigenvalue weighted by atomic mass is 10.1. The molecule has 0 fully saturated rings. The zero-order valence-corrected chi connectivity index (χ0v) is 12.9. The van der Waals surface area contributed by atoms with Crippen molar-refractivity contribution in [1.82, 2.24) is 0 Å². The maximum Gasteiger partial charge on any atom is 0.297 e. The van der Waals surface area contributed by atoms with Gasteiger partial charge >= 0.3 is 0 Å². The largest absolute Gasteiger partial charge is 0.375 e. The summed E-state index contributed by atoms with van der Waals surface area (Å²) in [6.07, 6.45) is 8.20. The van der Waals surface area contributed by atoms with E-state index in [1.54, 1.807) is 24.3 Å². The lowest BCUT2D eigenvalue weighted by Crippen LogP contribution is -2.12. The van der Waals surface area contributed by atoms with Gasteiger partial charge in [-0.25, -0.2) is 0 Å². The highest BCUT2D eigenvalue weighted by Crippen LogP contribution is 2.13. The molecule has 0 radical (unpaired) electrons. The van der Waals surface area contributed by atoms with Gasteiger partial charge in [-0.1, -0.05) is 35.9 Å². The van der Waals surface area contributed by atoms with Crippen LogP contribution in [0, 0.1) is 6.92 Å². The van der Waals surface area contributed by atoms with Gasteiger partial charge in [0.2, 0.25) is 0 Å². The molecule has 2 rings (SSSR count). The zero-order chi connectivity index (χ0) is 15.1. The Labute approximate surface area is 126 Å². The molecule has 0 spiro atoms. The van der Waals surface area contributed by atoms with Crippen LogP contribution in [0.25, 0.3) is 0 Å². The highest BCUT2D eigenvalue weighted by molar-refractivity contribution is 7.86. The van der Waals surface area contributed by atoms with Gasteiger partial charge in [0, 0.05) is 0 Å². The summed E-state index contributed by atoms with van der Waals surface area (Å²) in [7, 11) is -3.69. The van der Waals surface area contributed by atoms with Crippen molar-refractivity contribution in [3.05, 3.63) is 53.6 Å². The molecule has 0 heterocycles. The summed E-state index contributed by atoms with van der Waals surface area (Å²) in [5, 5.41) is 0. The maximum atomic E-state index is 11.9. The summed E-state index contributed by atoms with van der Waals surface area (Å²) in [6.45, 7) is 2.71. The highest BCUT2D eigenvalue weighted by atomic mass is 32.2. The minimum Gasteiger partial charge on any atom is -0.375 e. The van der Waals surface area contributed by atoms with Gasteiger partial charge in [0.05, 0.1) is 24.7 Å². The number of allylic oxidation sites excluding steroid dienone is 3. The first kappa shape index (κ1) is 15.9. The lowest BCUT2D eigenvalue weighted by molar-refractivity contribution is 0.118. The SMILES string of the molecule is Cc1ccc(S(=O)(=O)OCCOCC2=CCC=CC2)cc1. The van der Waals surface area contributed by atoms with E-state index in [0.29, 0.717) is 6.61 Å². The van der Waals surface area contributed by atoms with Crippen LogP contribution in [-0.4, -0.2) is 28.2 Å². The molecule has 1 aromatic carbocycles. The molecule has 114 valence electrons. The van der Waals surface area contributed by atoms with Gasteiger partial charge in [0.1, 0.15) is 0 Å². The number of ether oxygens (including phenoxy) is 1. The molecule has 0 aliphatic heterocycles. The Morgan fingerprint density at radius 1 is 1.10 bits per heavy atom. The van der Waals surface area contributed by atoms with Crippen LogP contribution in [-0.2, 0) is 19.0 Å². The summed E-state index contributed by atoms with van der Waals surface area (Å²) >= 11 is 0. The highest BCUT2D eigenvalue weighted by Gasteiger charge is 2.14. The molecule has 0 aromatic heterocycles. The second-order valence-electron chi connectivity index (χ2n) is 4.92. The first-order valence-electron chi connectivity index (χ1n) is 6.95. The summed E-state index contributed by atoms with van der Waals surface area (Å²) < 4.78 is 34.2. The predicted molar refractivity (Wildman–Crippen MR) is 81.6 cm³/mol. The molecule has 1 aromatic rings. The number of benzene rings is 1. The number of hydrogen-bond acceptors (Lipinski definition) is 4. The zero-order valence-electron chi connectivity index (χ0n) is 12.1. The van der Waals surface area contributed by atoms with E-state index in [4.69, 9.17) is 8.92 Å². The average molecular weight is 308 g/mol. The minimum absolute atomic E-state index is 0.0271. The van der Waals surface area contributed by atoms with E-state index in [1.165, 1.54) is 5.57 Å². The number of rotatable bonds is 7. The Bertz CT molecular complexity index is 612. The molecule has 0 saturated carbocycles. The Balaban J connectivity index is 1.72. The van der Waals surface area contributed by atoms with Crippen LogP contribution in [0.15, 0.2) is 53.0 Å². The molecule has 5 heteroatoms. The summed E-state index contributed by atoms with van der Waals surface area (Å²) in [6, 6.07) is 6.58. The standard InChI is InChI=1S/C16H20O4S/c1-14-7-9-16(10-8-14)21(17,18)20-12-11-19-13-15-5-3-2-4-6-15/h2-3,6-10H,4-5,11-13H2,1H3. The molecule has 1 aliphatic carbocycles. The molecular weight excluding hydrogens is 288 g/mol. The summed E-state index contributed by atoms with van der Waals surface area (Å²) in [5.74, 6) is 0. The van der Waals surface area contributed by atoms with Gasteiger partial charge in [-0.15, -0.1) is 0 Å². The Kier molecular flexibility index (Phi) is 5.73. The molecule has 0 bridgehead atoms. The third-order valence-corrected chi connectivity index (χ3v) is 4.48. The molecule has 1 aliphatic rings. The Morgan fingerprint density at radius 2 is 1.86 bits per heavy atom. The van der Waals surface area contributed by atoms with E-state index in [9.17, 15) is 8.42 Å². The van der Waals surface area contributed by atoms with E-state index < -0.39 is 10.1 Å². The molecule has 0 saturated heterocycles. The van der Waals surface area contributed by atoms with Crippen molar-refractivity contribution in [1.29, 1.82) is 0 Å². The molecule has 0 unspecified atom stereocenters. The van der Waals surface area contributed by atoms with Crippen molar-refractivity contribution in [2.24, 2.45) is 0 Å². The predicted octanol–water partition coefficient (Wildman–Crippen LogP) is 2.99. The smallest absolute Gasteiger partial charge is 0.297 e. The van der Waals surface area contributed by atoms with Crippen LogP contribution in [0.1, 0.15) is 18.4 Å². The van der Waals surface area contributed by atoms with Gasteiger partial charge in [-0.05, 0) is 37.5 Å². The van der Waals surface area contributed by atoms with E-state index in [2.05, 4.69) is 18.2 Å². The van der Waals surface area contributed by atoms with Gasteiger partial charge in [0.15, 0.2) is 0 Å². The van der Waals surface area contributed by atoms with Crippen LogP contribution < -0.4 is 0 Å². The van der Waals surface area contributed by atoms with Crippen molar-refractivity contribution in [3.63, 3.8) is 0 Å². The van der Waals surface area contributed by atoms with Gasteiger partial charge in [-0.2, -0.15) is 8.42 Å². The van der Waals surface area contributed by atoms with E-state index in [-0.39, 0.29) is 18.1 Å². The third kappa shape index (κ3) is 5.12. The average Bonchev–Trinajstić information content (AvgIpc) is 2.48. The van der Waals surface area contributed by atoms with E-state index >= 15 is 0 Å². The van der Waals surface area contributed by atoms with Gasteiger partial charge in [0.25, 0.3) is 10.1 Å². The van der Waals surface area contributed by atoms with Crippen LogP contribution in [0.2, 0.25) is 0 Å². The first-order valence-corrected chi connectivity index (χ1v) is 8.35. The van der Waals surface area contributed by atoms with Gasteiger partial charge < -0.3 is 4.74 Å². The monoisotopic (exact) mass is 308 g/mol. The van der Waals surface area contributed by atoms with Crippen molar-refractivity contribution >= 4 is 10.1 Å². The fourth-order valence-corrected chi connectivity index (χ4v) is 2.84. The normalized spacial score (nSPS) is 15.0. The molecule has 21 heavy (non-hydrogen) atoms. The van der Waals surface area contributed by atoms with Gasteiger partial charge in [-0.3, -0.25) is 4.18 Å². The van der Waals surface area contributed by atoms with Crippen LogP contribution in [0.3, 0.4) is 0 Å². The first-order chi connectivity index (χ1) is 10.1. The third-order valence-electron chi connectivity index (χ3n) is 3.15. The quantitative estimate of drug-likeness (QED) is 0.441. The lowest BCUT2D eigenvalue weighted by Gasteiger charge is -2.10. The van der Waals surface area contributed by atoms with Crippen LogP contribution >= 0.6 is 0 Å². The number of hydrogen-bond donors (Lipinski definition) is 0. The second kappa shape index (κ2) is 7.54. The maximum absolute atomic E-state index is 11.9. The fourth-order valence-electron chi connectivity index (χ4n) is 1.95. The molecule has 0 N–H and O–H groups in total. The van der Waals surface area contributed by atoms with E-state index in [0.717, 1.165) is 18.4 Å². The minimum atomic E-state index is -3.69. The van der Waals surface area contributed by atoms with Crippen molar-refractivity contribution in [3.8, 4) is 0 Å². The van der Waals surface area contributed by atoms with Crippen molar-refractivity contribution in [2.45, 2.75) is 24.7 Å². The summed E-state index contributed by atoms with van der Waals surface area (Å²) in [4.78, 5) is 0.174. The molecule has 0 amide bonds. The van der Waals surface area contributed by atoms with Crippen molar-refractivity contribution in [2.75, 3.05) is 19.8 Å². The topological polar surface area (TPSA) is 52.6 Å². The second-order valence-corrected chi connectivity index (χ2v) is 6.53.